The first kappa shape index (κ1) is 14.4. The molecule has 5 nitrogen and oxygen atoms in total. The Morgan fingerprint density at radius 1 is 1.43 bits per heavy atom. The fourth-order valence-electron chi connectivity index (χ4n) is 2.96. The monoisotopic (exact) mass is 290 g/mol. The number of aliphatic hydroxyl groups is 1. The molecular weight excluding hydrogens is 268 g/mol. The molecular formula is C16H22N2O3. The zero-order valence-corrected chi connectivity index (χ0v) is 12.3. The Labute approximate surface area is 124 Å². The van der Waals surface area contributed by atoms with Crippen LogP contribution in [0.2, 0.25) is 0 Å². The van der Waals surface area contributed by atoms with Gasteiger partial charge in [-0.3, -0.25) is 9.69 Å². The Balaban J connectivity index is 1.51. The minimum absolute atomic E-state index is 0.0694. The van der Waals surface area contributed by atoms with Gasteiger partial charge in [-0.05, 0) is 37.8 Å². The molecule has 2 fully saturated rings. The fraction of sp³-hybridized carbons (Fsp3) is 0.562. The number of hydrogen-bond donors (Lipinski definition) is 2. The van der Waals surface area contributed by atoms with Gasteiger partial charge in [-0.1, -0.05) is 12.1 Å². The molecule has 1 aliphatic heterocycles. The summed E-state index contributed by atoms with van der Waals surface area (Å²) in [6.45, 7) is 4.01. The van der Waals surface area contributed by atoms with Gasteiger partial charge < -0.3 is 15.2 Å². The van der Waals surface area contributed by atoms with E-state index in [2.05, 4.69) is 5.32 Å². The number of nitrogens with zero attached hydrogens (tertiary/aromatic N) is 1. The Kier molecular flexibility index (Phi) is 3.87. The summed E-state index contributed by atoms with van der Waals surface area (Å²) in [5.74, 6) is 1.07. The van der Waals surface area contributed by atoms with Crippen molar-refractivity contribution in [2.24, 2.45) is 5.92 Å². The van der Waals surface area contributed by atoms with E-state index >= 15 is 0 Å². The second kappa shape index (κ2) is 5.66. The summed E-state index contributed by atoms with van der Waals surface area (Å²) >= 11 is 0. The van der Waals surface area contributed by atoms with Crippen LogP contribution in [0.5, 0.6) is 5.75 Å². The van der Waals surface area contributed by atoms with Crippen LogP contribution in [0.3, 0.4) is 0 Å². The smallest absolute Gasteiger partial charge is 0.238 e. The third kappa shape index (κ3) is 3.19. The van der Waals surface area contributed by atoms with Crippen molar-refractivity contribution in [2.75, 3.05) is 31.6 Å². The number of para-hydroxylation sites is 2. The molecule has 114 valence electrons. The molecule has 1 amide bonds. The first-order chi connectivity index (χ1) is 10.1. The molecule has 3 rings (SSSR count). The van der Waals surface area contributed by atoms with Gasteiger partial charge in [0.05, 0.1) is 24.4 Å². The van der Waals surface area contributed by atoms with E-state index in [-0.39, 0.29) is 5.91 Å². The number of likely N-dealkylation sites (tertiary alicyclic amines) is 1. The predicted molar refractivity (Wildman–Crippen MR) is 80.4 cm³/mol. The van der Waals surface area contributed by atoms with Crippen LogP contribution in [0.25, 0.3) is 0 Å². The summed E-state index contributed by atoms with van der Waals surface area (Å²) in [5.41, 5.74) is 0.158. The van der Waals surface area contributed by atoms with Gasteiger partial charge in [0.2, 0.25) is 5.91 Å². The largest absolute Gasteiger partial charge is 0.492 e. The van der Waals surface area contributed by atoms with Crippen molar-refractivity contribution in [3.05, 3.63) is 24.3 Å². The van der Waals surface area contributed by atoms with E-state index in [0.29, 0.717) is 43.6 Å². The van der Waals surface area contributed by atoms with Gasteiger partial charge in [0.1, 0.15) is 5.75 Å². The highest BCUT2D eigenvalue weighted by Gasteiger charge is 2.51. The lowest BCUT2D eigenvalue weighted by atomic mass is 9.89. The van der Waals surface area contributed by atoms with E-state index in [0.717, 1.165) is 12.8 Å². The first-order valence-corrected chi connectivity index (χ1v) is 7.57. The fourth-order valence-corrected chi connectivity index (χ4v) is 2.96. The summed E-state index contributed by atoms with van der Waals surface area (Å²) in [5, 5.41) is 13.1. The molecule has 1 aliphatic carbocycles. The third-order valence-corrected chi connectivity index (χ3v) is 4.16. The van der Waals surface area contributed by atoms with Gasteiger partial charge in [0.25, 0.3) is 0 Å². The first-order valence-electron chi connectivity index (χ1n) is 7.57. The van der Waals surface area contributed by atoms with Gasteiger partial charge in [-0.25, -0.2) is 0 Å². The van der Waals surface area contributed by atoms with Crippen molar-refractivity contribution in [1.29, 1.82) is 0 Å². The molecule has 1 saturated carbocycles. The van der Waals surface area contributed by atoms with E-state index in [1.807, 2.05) is 36.1 Å². The maximum absolute atomic E-state index is 12.1. The highest BCUT2D eigenvalue weighted by atomic mass is 16.5. The summed E-state index contributed by atoms with van der Waals surface area (Å²) in [6, 6.07) is 7.42. The van der Waals surface area contributed by atoms with Crippen molar-refractivity contribution >= 4 is 11.6 Å². The Morgan fingerprint density at radius 3 is 2.81 bits per heavy atom. The Morgan fingerprint density at radius 2 is 2.14 bits per heavy atom. The summed E-state index contributed by atoms with van der Waals surface area (Å²) in [7, 11) is 0. The molecule has 1 saturated heterocycles. The van der Waals surface area contributed by atoms with Gasteiger partial charge in [-0.15, -0.1) is 0 Å². The molecule has 0 radical (unpaired) electrons. The molecule has 0 atom stereocenters. The standard InChI is InChI=1S/C16H22N2O3/c1-2-21-14-6-4-3-5-13(14)17-15(19)9-18-10-16(20,11-18)12-7-8-12/h3-6,12,20H,2,7-11H2,1H3,(H,17,19). The molecule has 0 spiro atoms. The van der Waals surface area contributed by atoms with Crippen LogP contribution in [-0.4, -0.2) is 47.8 Å². The molecule has 1 aromatic carbocycles. The zero-order chi connectivity index (χ0) is 14.9. The van der Waals surface area contributed by atoms with Crippen LogP contribution in [-0.2, 0) is 4.79 Å². The van der Waals surface area contributed by atoms with Crippen LogP contribution < -0.4 is 10.1 Å². The average molecular weight is 290 g/mol. The van der Waals surface area contributed by atoms with Crippen LogP contribution >= 0.6 is 0 Å². The normalized spacial score (nSPS) is 20.7. The number of hydrogen-bond acceptors (Lipinski definition) is 4. The highest BCUT2D eigenvalue weighted by molar-refractivity contribution is 5.93. The van der Waals surface area contributed by atoms with Crippen molar-refractivity contribution in [3.63, 3.8) is 0 Å². The molecule has 0 aromatic heterocycles. The number of anilines is 1. The van der Waals surface area contributed by atoms with Crippen molar-refractivity contribution in [2.45, 2.75) is 25.4 Å². The lowest BCUT2D eigenvalue weighted by molar-refractivity contribution is -0.132. The number of amides is 1. The molecule has 1 heterocycles. The zero-order valence-electron chi connectivity index (χ0n) is 12.3. The molecule has 2 aliphatic rings. The predicted octanol–water partition coefficient (Wildman–Crippen LogP) is 1.48. The number of benzene rings is 1. The Bertz CT molecular complexity index is 522. The summed E-state index contributed by atoms with van der Waals surface area (Å²) in [6.07, 6.45) is 2.25. The Hall–Kier alpha value is -1.59. The lowest BCUT2D eigenvalue weighted by Crippen LogP contribution is -2.64. The highest BCUT2D eigenvalue weighted by Crippen LogP contribution is 2.44. The van der Waals surface area contributed by atoms with Gasteiger partial charge in [0.15, 0.2) is 0 Å². The third-order valence-electron chi connectivity index (χ3n) is 4.16. The molecule has 2 N–H and O–H groups in total. The average Bonchev–Trinajstić information content (AvgIpc) is 3.24. The maximum Gasteiger partial charge on any atom is 0.238 e. The van der Waals surface area contributed by atoms with Crippen molar-refractivity contribution < 1.29 is 14.6 Å². The summed E-state index contributed by atoms with van der Waals surface area (Å²) in [4.78, 5) is 14.1. The number of carbonyl (C=O) groups is 1. The van der Waals surface area contributed by atoms with Crippen LogP contribution in [0.1, 0.15) is 19.8 Å². The number of ether oxygens (including phenoxy) is 1. The maximum atomic E-state index is 12.1. The van der Waals surface area contributed by atoms with Gasteiger partial charge in [0, 0.05) is 13.1 Å². The molecule has 0 bridgehead atoms. The van der Waals surface area contributed by atoms with E-state index in [9.17, 15) is 9.90 Å². The van der Waals surface area contributed by atoms with Crippen LogP contribution in [0.4, 0.5) is 5.69 Å². The number of carbonyl (C=O) groups excluding carboxylic acids is 1. The van der Waals surface area contributed by atoms with Gasteiger partial charge in [-0.2, -0.15) is 0 Å². The van der Waals surface area contributed by atoms with E-state index in [1.54, 1.807) is 0 Å². The summed E-state index contributed by atoms with van der Waals surface area (Å²) < 4.78 is 5.49. The minimum atomic E-state index is -0.538. The van der Waals surface area contributed by atoms with Crippen LogP contribution in [0, 0.1) is 5.92 Å². The number of rotatable bonds is 6. The van der Waals surface area contributed by atoms with Crippen molar-refractivity contribution in [1.82, 2.24) is 4.90 Å². The number of nitrogens with one attached hydrogen (secondary N) is 1. The second-order valence-corrected chi connectivity index (χ2v) is 6.00. The topological polar surface area (TPSA) is 61.8 Å². The molecule has 0 unspecified atom stereocenters. The molecule has 21 heavy (non-hydrogen) atoms. The molecule has 5 heteroatoms. The molecule has 1 aromatic rings. The lowest BCUT2D eigenvalue weighted by Gasteiger charge is -2.46. The number of β-amino-alcohol motifs (C(OH)–C–C–N with tert-alkyl or cyclic N) is 1. The van der Waals surface area contributed by atoms with Crippen LogP contribution in [0.15, 0.2) is 24.3 Å². The van der Waals surface area contributed by atoms with Gasteiger partial charge >= 0.3 is 0 Å². The minimum Gasteiger partial charge on any atom is -0.492 e. The van der Waals surface area contributed by atoms with Crippen molar-refractivity contribution in [3.8, 4) is 5.75 Å². The SMILES string of the molecule is CCOc1ccccc1NC(=O)CN1CC(O)(C2CC2)C1. The van der Waals surface area contributed by atoms with E-state index in [1.165, 1.54) is 0 Å². The quantitative estimate of drug-likeness (QED) is 0.833. The van der Waals surface area contributed by atoms with E-state index in [4.69, 9.17) is 4.74 Å². The second-order valence-electron chi connectivity index (χ2n) is 6.00. The van der Waals surface area contributed by atoms with E-state index < -0.39 is 5.60 Å².